The lowest BCUT2D eigenvalue weighted by Crippen LogP contribution is -2.18. The average molecular weight is 275 g/mol. The van der Waals surface area contributed by atoms with Gasteiger partial charge in [0.05, 0.1) is 0 Å². The minimum absolute atomic E-state index is 0.301. The highest BCUT2D eigenvalue weighted by Crippen LogP contribution is 2.30. The van der Waals surface area contributed by atoms with Crippen molar-refractivity contribution in [1.29, 1.82) is 0 Å². The van der Waals surface area contributed by atoms with Crippen LogP contribution in [0.25, 0.3) is 5.65 Å². The van der Waals surface area contributed by atoms with Crippen LogP contribution >= 0.6 is 0 Å². The molecule has 2 atom stereocenters. The second-order valence-electron chi connectivity index (χ2n) is 5.87. The summed E-state index contributed by atoms with van der Waals surface area (Å²) in [7, 11) is 0. The molecule has 2 unspecified atom stereocenters. The van der Waals surface area contributed by atoms with E-state index >= 15 is 0 Å². The number of anilines is 1. The number of fused-ring (bicyclic) bond motifs is 1. The Labute approximate surface area is 117 Å². The Morgan fingerprint density at radius 3 is 3.20 bits per heavy atom. The summed E-state index contributed by atoms with van der Waals surface area (Å²) in [5.74, 6) is 2.42. The molecule has 0 aliphatic heterocycles. The van der Waals surface area contributed by atoms with Crippen molar-refractivity contribution in [2.75, 3.05) is 11.9 Å². The highest BCUT2D eigenvalue weighted by atomic mass is 16.2. The van der Waals surface area contributed by atoms with Crippen molar-refractivity contribution in [3.8, 4) is 0 Å². The Morgan fingerprint density at radius 2 is 2.35 bits per heavy atom. The quantitative estimate of drug-likeness (QED) is 0.895. The van der Waals surface area contributed by atoms with Gasteiger partial charge in [-0.25, -0.2) is 9.89 Å². The maximum Gasteiger partial charge on any atom is 0.364 e. The number of hydrogen-bond acceptors (Lipinski definition) is 4. The van der Waals surface area contributed by atoms with Crippen molar-refractivity contribution in [3.05, 3.63) is 22.6 Å². The molecule has 1 aliphatic rings. The SMILES string of the molecule is CC1CCCC(CCNc2ccc3n[nH]c(=O)n3n2)C1. The lowest BCUT2D eigenvalue weighted by atomic mass is 9.81. The Morgan fingerprint density at radius 1 is 1.45 bits per heavy atom. The van der Waals surface area contributed by atoms with Crippen LogP contribution in [0, 0.1) is 11.8 Å². The van der Waals surface area contributed by atoms with Crippen LogP contribution in [0.5, 0.6) is 0 Å². The van der Waals surface area contributed by atoms with Gasteiger partial charge in [-0.2, -0.15) is 9.61 Å². The molecule has 0 bridgehead atoms. The summed E-state index contributed by atoms with van der Waals surface area (Å²) in [6, 6.07) is 3.65. The van der Waals surface area contributed by atoms with Crippen LogP contribution in [0.3, 0.4) is 0 Å². The largest absolute Gasteiger partial charge is 0.369 e. The molecule has 0 radical (unpaired) electrons. The smallest absolute Gasteiger partial charge is 0.364 e. The second kappa shape index (κ2) is 5.64. The van der Waals surface area contributed by atoms with Gasteiger partial charge in [-0.15, -0.1) is 5.10 Å². The highest BCUT2D eigenvalue weighted by molar-refractivity contribution is 5.42. The first-order chi connectivity index (χ1) is 9.72. The lowest BCUT2D eigenvalue weighted by molar-refractivity contribution is 0.274. The molecule has 2 aromatic heterocycles. The third-order valence-electron chi connectivity index (χ3n) is 4.18. The summed E-state index contributed by atoms with van der Waals surface area (Å²) in [5.41, 5.74) is 0.242. The number of nitrogens with zero attached hydrogens (tertiary/aromatic N) is 3. The Hall–Kier alpha value is -1.85. The number of H-pyrrole nitrogens is 1. The van der Waals surface area contributed by atoms with E-state index < -0.39 is 0 Å². The number of nitrogens with one attached hydrogen (secondary N) is 2. The van der Waals surface area contributed by atoms with Gasteiger partial charge in [-0.05, 0) is 36.8 Å². The summed E-state index contributed by atoms with van der Waals surface area (Å²) >= 11 is 0. The summed E-state index contributed by atoms with van der Waals surface area (Å²) in [6.07, 6.45) is 6.60. The van der Waals surface area contributed by atoms with Crippen LogP contribution < -0.4 is 11.0 Å². The molecular weight excluding hydrogens is 254 g/mol. The molecule has 0 amide bonds. The van der Waals surface area contributed by atoms with Crippen molar-refractivity contribution in [2.45, 2.75) is 39.0 Å². The van der Waals surface area contributed by atoms with Crippen molar-refractivity contribution < 1.29 is 0 Å². The minimum Gasteiger partial charge on any atom is -0.369 e. The molecule has 20 heavy (non-hydrogen) atoms. The number of aromatic amines is 1. The van der Waals surface area contributed by atoms with E-state index in [1.54, 1.807) is 6.07 Å². The van der Waals surface area contributed by atoms with Crippen molar-refractivity contribution in [2.24, 2.45) is 11.8 Å². The monoisotopic (exact) mass is 275 g/mol. The topological polar surface area (TPSA) is 75.1 Å². The molecule has 3 rings (SSSR count). The van der Waals surface area contributed by atoms with Gasteiger partial charge in [0.25, 0.3) is 0 Å². The lowest BCUT2D eigenvalue weighted by Gasteiger charge is -2.26. The standard InChI is InChI=1S/C14H21N5O/c1-10-3-2-4-11(9-10)7-8-15-12-5-6-13-16-17-14(20)19(13)18-12/h5-6,10-11H,2-4,7-9H2,1H3,(H,15,18)(H,17,20). The molecule has 6 heteroatoms. The van der Waals surface area contributed by atoms with Crippen molar-refractivity contribution in [3.63, 3.8) is 0 Å². The van der Waals surface area contributed by atoms with Gasteiger partial charge in [-0.1, -0.05) is 26.2 Å². The Bertz CT molecular complexity index is 632. The van der Waals surface area contributed by atoms with Crippen LogP contribution in [0.15, 0.2) is 16.9 Å². The van der Waals surface area contributed by atoms with Gasteiger partial charge in [0.1, 0.15) is 5.82 Å². The molecule has 108 valence electrons. The van der Waals surface area contributed by atoms with E-state index in [4.69, 9.17) is 0 Å². The van der Waals surface area contributed by atoms with Gasteiger partial charge < -0.3 is 5.32 Å². The molecule has 2 N–H and O–H groups in total. The number of aromatic nitrogens is 4. The maximum atomic E-state index is 11.4. The Kier molecular flexibility index (Phi) is 3.71. The first kappa shape index (κ1) is 13.1. The molecule has 2 aromatic rings. The minimum atomic E-state index is -0.301. The first-order valence-corrected chi connectivity index (χ1v) is 7.40. The van der Waals surface area contributed by atoms with Gasteiger partial charge in [0.15, 0.2) is 5.65 Å². The molecule has 1 aliphatic carbocycles. The van der Waals surface area contributed by atoms with E-state index in [1.807, 2.05) is 6.07 Å². The molecule has 0 aromatic carbocycles. The predicted molar refractivity (Wildman–Crippen MR) is 77.8 cm³/mol. The van der Waals surface area contributed by atoms with Crippen molar-refractivity contribution >= 4 is 11.5 Å². The zero-order chi connectivity index (χ0) is 13.9. The van der Waals surface area contributed by atoms with E-state index in [2.05, 4.69) is 27.5 Å². The van der Waals surface area contributed by atoms with E-state index in [-0.39, 0.29) is 5.69 Å². The summed E-state index contributed by atoms with van der Waals surface area (Å²) in [5, 5.41) is 13.8. The summed E-state index contributed by atoms with van der Waals surface area (Å²) in [4.78, 5) is 11.4. The fourth-order valence-electron chi connectivity index (χ4n) is 3.12. The average Bonchev–Trinajstić information content (AvgIpc) is 2.80. The molecule has 1 fully saturated rings. The highest BCUT2D eigenvalue weighted by Gasteiger charge is 2.18. The maximum absolute atomic E-state index is 11.4. The third kappa shape index (κ3) is 2.84. The van der Waals surface area contributed by atoms with E-state index in [0.29, 0.717) is 5.65 Å². The van der Waals surface area contributed by atoms with Gasteiger partial charge in [-0.3, -0.25) is 0 Å². The Balaban J connectivity index is 1.56. The second-order valence-corrected chi connectivity index (χ2v) is 5.87. The molecule has 0 spiro atoms. The van der Waals surface area contributed by atoms with Crippen LogP contribution in [-0.2, 0) is 0 Å². The number of hydrogen-bond donors (Lipinski definition) is 2. The van der Waals surface area contributed by atoms with E-state index in [9.17, 15) is 4.79 Å². The number of rotatable bonds is 4. The summed E-state index contributed by atoms with van der Waals surface area (Å²) in [6.45, 7) is 3.25. The fourth-order valence-corrected chi connectivity index (χ4v) is 3.12. The molecule has 6 nitrogen and oxygen atoms in total. The van der Waals surface area contributed by atoms with Crippen LogP contribution in [0.4, 0.5) is 5.82 Å². The first-order valence-electron chi connectivity index (χ1n) is 7.40. The predicted octanol–water partition coefficient (Wildman–Crippen LogP) is 2.05. The molecular formula is C14H21N5O. The molecule has 0 saturated heterocycles. The van der Waals surface area contributed by atoms with Gasteiger partial charge in [0.2, 0.25) is 0 Å². The third-order valence-corrected chi connectivity index (χ3v) is 4.18. The summed E-state index contributed by atoms with van der Waals surface area (Å²) < 4.78 is 1.28. The molecule has 1 saturated carbocycles. The molecule has 2 heterocycles. The van der Waals surface area contributed by atoms with E-state index in [0.717, 1.165) is 24.2 Å². The van der Waals surface area contributed by atoms with Crippen LogP contribution in [0.1, 0.15) is 39.0 Å². The normalized spacial score (nSPS) is 23.1. The zero-order valence-electron chi connectivity index (χ0n) is 11.8. The van der Waals surface area contributed by atoms with Gasteiger partial charge >= 0.3 is 5.69 Å². The zero-order valence-corrected chi connectivity index (χ0v) is 11.8. The van der Waals surface area contributed by atoms with E-state index in [1.165, 1.54) is 36.6 Å². The van der Waals surface area contributed by atoms with Crippen molar-refractivity contribution in [1.82, 2.24) is 19.8 Å². The van der Waals surface area contributed by atoms with Gasteiger partial charge in [0, 0.05) is 6.54 Å². The fraction of sp³-hybridized carbons (Fsp3) is 0.643. The van der Waals surface area contributed by atoms with Crippen LogP contribution in [0.2, 0.25) is 0 Å². The van der Waals surface area contributed by atoms with Crippen LogP contribution in [-0.4, -0.2) is 26.4 Å².